The zero-order valence-corrected chi connectivity index (χ0v) is 14.6. The van der Waals surface area contributed by atoms with Crippen molar-refractivity contribution in [1.29, 1.82) is 0 Å². The molecule has 0 spiro atoms. The van der Waals surface area contributed by atoms with Gasteiger partial charge in [0.15, 0.2) is 6.61 Å². The highest BCUT2D eigenvalue weighted by Crippen LogP contribution is 2.20. The molecule has 4 nitrogen and oxygen atoms in total. The monoisotopic (exact) mass is 459 g/mol. The molecule has 0 heterocycles. The second-order valence-electron chi connectivity index (χ2n) is 4.11. The highest BCUT2D eigenvalue weighted by Gasteiger charge is 2.11. The van der Waals surface area contributed by atoms with Crippen molar-refractivity contribution in [3.05, 3.63) is 62.1 Å². The number of esters is 1. The molecule has 0 unspecified atom stereocenters. The van der Waals surface area contributed by atoms with Gasteiger partial charge in [0.2, 0.25) is 0 Å². The first-order chi connectivity index (χ1) is 10.1. The summed E-state index contributed by atoms with van der Waals surface area (Å²) in [6.07, 6.45) is 0. The fourth-order valence-electron chi connectivity index (χ4n) is 1.55. The average Bonchev–Trinajstić information content (AvgIpc) is 2.48. The van der Waals surface area contributed by atoms with Crippen molar-refractivity contribution in [3.8, 4) is 0 Å². The standard InChI is InChI=1S/C15H11BrINO3/c16-12-3-1-2-4-13(12)18-14(19)9-21-15(20)10-5-7-11(17)8-6-10/h1-8H,9H2,(H,18,19). The van der Waals surface area contributed by atoms with Crippen LogP contribution in [0, 0.1) is 3.57 Å². The van der Waals surface area contributed by atoms with E-state index in [-0.39, 0.29) is 12.5 Å². The Labute approximate surface area is 144 Å². The lowest BCUT2D eigenvalue weighted by Crippen LogP contribution is -2.21. The number of anilines is 1. The number of hydrogen-bond acceptors (Lipinski definition) is 3. The van der Waals surface area contributed by atoms with Crippen LogP contribution in [0.5, 0.6) is 0 Å². The molecule has 0 fully saturated rings. The van der Waals surface area contributed by atoms with E-state index >= 15 is 0 Å². The van der Waals surface area contributed by atoms with E-state index in [2.05, 4.69) is 43.8 Å². The van der Waals surface area contributed by atoms with Gasteiger partial charge >= 0.3 is 5.97 Å². The largest absolute Gasteiger partial charge is 0.452 e. The number of nitrogens with one attached hydrogen (secondary N) is 1. The SMILES string of the molecule is O=C(COC(=O)c1ccc(I)cc1)Nc1ccccc1Br. The number of rotatable bonds is 4. The molecule has 0 aliphatic heterocycles. The van der Waals surface area contributed by atoms with Crippen LogP contribution in [-0.4, -0.2) is 18.5 Å². The molecular formula is C15H11BrINO3. The van der Waals surface area contributed by atoms with Crippen molar-refractivity contribution in [2.75, 3.05) is 11.9 Å². The molecule has 0 saturated heterocycles. The third-order valence-electron chi connectivity index (χ3n) is 2.56. The van der Waals surface area contributed by atoms with Crippen LogP contribution in [0.1, 0.15) is 10.4 Å². The normalized spacial score (nSPS) is 10.0. The lowest BCUT2D eigenvalue weighted by atomic mass is 10.2. The van der Waals surface area contributed by atoms with Gasteiger partial charge < -0.3 is 10.1 Å². The number of halogens is 2. The van der Waals surface area contributed by atoms with E-state index in [0.29, 0.717) is 11.3 Å². The minimum Gasteiger partial charge on any atom is -0.452 e. The van der Waals surface area contributed by atoms with Gasteiger partial charge in [-0.25, -0.2) is 4.79 Å². The van der Waals surface area contributed by atoms with Gasteiger partial charge in [-0.3, -0.25) is 4.79 Å². The maximum absolute atomic E-state index is 11.8. The van der Waals surface area contributed by atoms with E-state index in [4.69, 9.17) is 4.74 Å². The Morgan fingerprint density at radius 2 is 1.76 bits per heavy atom. The summed E-state index contributed by atoms with van der Waals surface area (Å²) in [6, 6.07) is 14.1. The molecule has 0 aliphatic rings. The quantitative estimate of drug-likeness (QED) is 0.558. The first-order valence-electron chi connectivity index (χ1n) is 6.03. The fourth-order valence-corrected chi connectivity index (χ4v) is 2.29. The molecule has 0 saturated carbocycles. The second-order valence-corrected chi connectivity index (χ2v) is 6.21. The van der Waals surface area contributed by atoms with Crippen LogP contribution >= 0.6 is 38.5 Å². The molecule has 0 aromatic heterocycles. The molecule has 6 heteroatoms. The third kappa shape index (κ3) is 4.82. The van der Waals surface area contributed by atoms with Gasteiger partial charge in [0.05, 0.1) is 11.3 Å². The number of carbonyl (C=O) groups excluding carboxylic acids is 2. The number of para-hydroxylation sites is 1. The first kappa shape index (κ1) is 16.0. The first-order valence-corrected chi connectivity index (χ1v) is 7.90. The molecule has 2 aromatic rings. The second kappa shape index (κ2) is 7.56. The highest BCUT2D eigenvalue weighted by molar-refractivity contribution is 14.1. The van der Waals surface area contributed by atoms with Crippen molar-refractivity contribution >= 4 is 56.1 Å². The lowest BCUT2D eigenvalue weighted by Gasteiger charge is -2.08. The summed E-state index contributed by atoms with van der Waals surface area (Å²) in [7, 11) is 0. The minimum absolute atomic E-state index is 0.327. The Balaban J connectivity index is 1.88. The summed E-state index contributed by atoms with van der Waals surface area (Å²) in [5.41, 5.74) is 1.05. The number of ether oxygens (including phenoxy) is 1. The molecule has 0 atom stereocenters. The van der Waals surface area contributed by atoms with Crippen molar-refractivity contribution in [2.24, 2.45) is 0 Å². The summed E-state index contributed by atoms with van der Waals surface area (Å²) < 4.78 is 6.76. The van der Waals surface area contributed by atoms with Crippen LogP contribution in [0.4, 0.5) is 5.69 Å². The van der Waals surface area contributed by atoms with Crippen molar-refractivity contribution in [3.63, 3.8) is 0 Å². The Hall–Kier alpha value is -1.41. The Morgan fingerprint density at radius 1 is 1.10 bits per heavy atom. The average molecular weight is 460 g/mol. The Kier molecular flexibility index (Phi) is 5.75. The van der Waals surface area contributed by atoms with Crippen LogP contribution < -0.4 is 5.32 Å². The number of hydrogen-bond donors (Lipinski definition) is 1. The smallest absolute Gasteiger partial charge is 0.338 e. The molecule has 0 radical (unpaired) electrons. The van der Waals surface area contributed by atoms with Gasteiger partial charge in [0.25, 0.3) is 5.91 Å². The maximum Gasteiger partial charge on any atom is 0.338 e. The van der Waals surface area contributed by atoms with Crippen LogP contribution in [-0.2, 0) is 9.53 Å². The van der Waals surface area contributed by atoms with E-state index < -0.39 is 5.97 Å². The van der Waals surface area contributed by atoms with E-state index in [1.165, 1.54) is 0 Å². The number of amides is 1. The zero-order chi connectivity index (χ0) is 15.2. The summed E-state index contributed by atoms with van der Waals surface area (Å²) >= 11 is 5.47. The molecule has 1 N–H and O–H groups in total. The Morgan fingerprint density at radius 3 is 2.43 bits per heavy atom. The number of benzene rings is 2. The van der Waals surface area contributed by atoms with Gasteiger partial charge in [-0.1, -0.05) is 12.1 Å². The molecule has 0 bridgehead atoms. The summed E-state index contributed by atoms with van der Waals surface area (Å²) in [5.74, 6) is -0.908. The minimum atomic E-state index is -0.520. The molecule has 2 aromatic carbocycles. The van der Waals surface area contributed by atoms with Crippen LogP contribution in [0.3, 0.4) is 0 Å². The predicted octanol–water partition coefficient (Wildman–Crippen LogP) is 3.85. The van der Waals surface area contributed by atoms with Crippen molar-refractivity contribution < 1.29 is 14.3 Å². The predicted molar refractivity (Wildman–Crippen MR) is 92.2 cm³/mol. The summed E-state index contributed by atoms with van der Waals surface area (Å²) in [6.45, 7) is -0.327. The fraction of sp³-hybridized carbons (Fsp3) is 0.0667. The Bertz CT molecular complexity index is 658. The molecule has 1 amide bonds. The molecular weight excluding hydrogens is 449 g/mol. The molecule has 21 heavy (non-hydrogen) atoms. The van der Waals surface area contributed by atoms with Crippen LogP contribution in [0.2, 0.25) is 0 Å². The molecule has 108 valence electrons. The van der Waals surface area contributed by atoms with Crippen LogP contribution in [0.15, 0.2) is 53.0 Å². The topological polar surface area (TPSA) is 55.4 Å². The van der Waals surface area contributed by atoms with E-state index in [9.17, 15) is 9.59 Å². The zero-order valence-electron chi connectivity index (χ0n) is 10.8. The van der Waals surface area contributed by atoms with Gasteiger partial charge in [0.1, 0.15) is 0 Å². The van der Waals surface area contributed by atoms with E-state index in [1.54, 1.807) is 36.4 Å². The number of carbonyl (C=O) groups is 2. The van der Waals surface area contributed by atoms with Gasteiger partial charge in [-0.05, 0) is 74.9 Å². The van der Waals surface area contributed by atoms with Gasteiger partial charge in [0, 0.05) is 8.04 Å². The summed E-state index contributed by atoms with van der Waals surface area (Å²) in [4.78, 5) is 23.5. The van der Waals surface area contributed by atoms with Crippen molar-refractivity contribution in [1.82, 2.24) is 0 Å². The van der Waals surface area contributed by atoms with E-state index in [0.717, 1.165) is 8.04 Å². The maximum atomic E-state index is 11.8. The van der Waals surface area contributed by atoms with Crippen LogP contribution in [0.25, 0.3) is 0 Å². The van der Waals surface area contributed by atoms with Gasteiger partial charge in [-0.15, -0.1) is 0 Å². The lowest BCUT2D eigenvalue weighted by molar-refractivity contribution is -0.119. The summed E-state index contributed by atoms with van der Waals surface area (Å²) in [5, 5.41) is 2.66. The highest BCUT2D eigenvalue weighted by atomic mass is 127. The molecule has 0 aliphatic carbocycles. The third-order valence-corrected chi connectivity index (χ3v) is 3.97. The van der Waals surface area contributed by atoms with Gasteiger partial charge in [-0.2, -0.15) is 0 Å². The van der Waals surface area contributed by atoms with E-state index in [1.807, 2.05) is 12.1 Å². The molecule has 2 rings (SSSR count). The van der Waals surface area contributed by atoms with Crippen molar-refractivity contribution in [2.45, 2.75) is 0 Å².